The maximum atomic E-state index is 12.7. The van der Waals surface area contributed by atoms with Crippen LogP contribution in [0.15, 0.2) is 35.3 Å². The second-order valence-electron chi connectivity index (χ2n) is 6.39. The number of nitrogens with zero attached hydrogens (tertiary/aromatic N) is 1. The van der Waals surface area contributed by atoms with Gasteiger partial charge in [0.05, 0.1) is 0 Å². The van der Waals surface area contributed by atoms with Gasteiger partial charge in [-0.25, -0.2) is 0 Å². The Morgan fingerprint density at radius 3 is 2.83 bits per heavy atom. The summed E-state index contributed by atoms with van der Waals surface area (Å²) in [4.78, 5) is 28.5. The molecule has 2 heterocycles. The lowest BCUT2D eigenvalue weighted by Gasteiger charge is -2.30. The van der Waals surface area contributed by atoms with Crippen LogP contribution < -0.4 is 10.3 Å². The van der Waals surface area contributed by atoms with E-state index < -0.39 is 6.10 Å². The lowest BCUT2D eigenvalue weighted by atomic mass is 10.0. The molecule has 1 aliphatic rings. The minimum absolute atomic E-state index is 0.0345. The lowest BCUT2D eigenvalue weighted by molar-refractivity contribution is -0.138. The van der Waals surface area contributed by atoms with Gasteiger partial charge in [-0.2, -0.15) is 0 Å². The molecule has 0 saturated carbocycles. The van der Waals surface area contributed by atoms with E-state index in [9.17, 15) is 9.59 Å². The van der Waals surface area contributed by atoms with Crippen LogP contribution in [0.3, 0.4) is 0 Å². The fraction of sp³-hybridized carbons (Fsp3) is 0.368. The van der Waals surface area contributed by atoms with Crippen molar-refractivity contribution in [3.63, 3.8) is 0 Å². The van der Waals surface area contributed by atoms with Crippen molar-refractivity contribution >= 4 is 5.91 Å². The van der Waals surface area contributed by atoms with Crippen LogP contribution in [0.2, 0.25) is 0 Å². The highest BCUT2D eigenvalue weighted by Crippen LogP contribution is 2.22. The third-order valence-corrected chi connectivity index (χ3v) is 4.43. The zero-order valence-electron chi connectivity index (χ0n) is 14.3. The highest BCUT2D eigenvalue weighted by atomic mass is 16.5. The summed E-state index contributed by atoms with van der Waals surface area (Å²) < 4.78 is 5.90. The molecule has 1 unspecified atom stereocenters. The molecule has 1 aromatic heterocycles. The van der Waals surface area contributed by atoms with Crippen molar-refractivity contribution in [2.45, 2.75) is 39.8 Å². The van der Waals surface area contributed by atoms with Gasteiger partial charge in [-0.15, -0.1) is 0 Å². The Hall–Kier alpha value is -2.56. The first-order valence-electron chi connectivity index (χ1n) is 8.17. The lowest BCUT2D eigenvalue weighted by Crippen LogP contribution is -2.43. The summed E-state index contributed by atoms with van der Waals surface area (Å²) in [6.45, 7) is 6.87. The number of fused-ring (bicyclic) bond motifs is 1. The van der Waals surface area contributed by atoms with E-state index in [1.165, 1.54) is 0 Å². The number of ether oxygens (including phenoxy) is 1. The van der Waals surface area contributed by atoms with Crippen molar-refractivity contribution in [2.75, 3.05) is 6.54 Å². The molecule has 1 aliphatic heterocycles. The quantitative estimate of drug-likeness (QED) is 0.942. The van der Waals surface area contributed by atoms with E-state index >= 15 is 0 Å². The fourth-order valence-electron chi connectivity index (χ4n) is 2.98. The molecular weight excluding hydrogens is 304 g/mol. The predicted molar refractivity (Wildman–Crippen MR) is 92.2 cm³/mol. The third kappa shape index (κ3) is 3.35. The van der Waals surface area contributed by atoms with E-state index in [-0.39, 0.29) is 11.5 Å². The average Bonchev–Trinajstić information content (AvgIpc) is 2.57. The number of pyridine rings is 1. The van der Waals surface area contributed by atoms with Crippen molar-refractivity contribution in [1.82, 2.24) is 9.88 Å². The van der Waals surface area contributed by atoms with E-state index in [2.05, 4.69) is 4.98 Å². The molecule has 0 radical (unpaired) electrons. The van der Waals surface area contributed by atoms with Crippen molar-refractivity contribution in [2.24, 2.45) is 0 Å². The summed E-state index contributed by atoms with van der Waals surface area (Å²) in [5, 5.41) is 0. The minimum Gasteiger partial charge on any atom is -0.481 e. The van der Waals surface area contributed by atoms with E-state index in [4.69, 9.17) is 4.74 Å². The number of carbonyl (C=O) groups is 1. The first-order valence-corrected chi connectivity index (χ1v) is 8.17. The Kier molecular flexibility index (Phi) is 4.42. The van der Waals surface area contributed by atoms with Crippen LogP contribution in [0.5, 0.6) is 5.75 Å². The molecule has 1 amide bonds. The second-order valence-corrected chi connectivity index (χ2v) is 6.39. The van der Waals surface area contributed by atoms with Crippen LogP contribution in [-0.4, -0.2) is 28.4 Å². The normalized spacial score (nSPS) is 14.9. The summed E-state index contributed by atoms with van der Waals surface area (Å²) in [6, 6.07) is 7.59. The highest BCUT2D eigenvalue weighted by molar-refractivity contribution is 5.81. The maximum absolute atomic E-state index is 12.7. The third-order valence-electron chi connectivity index (χ3n) is 4.43. The first-order chi connectivity index (χ1) is 11.4. The van der Waals surface area contributed by atoms with Gasteiger partial charge in [-0.3, -0.25) is 9.59 Å². The molecule has 1 aromatic carbocycles. The molecule has 5 heteroatoms. The molecule has 0 fully saturated rings. The van der Waals surface area contributed by atoms with Crippen LogP contribution >= 0.6 is 0 Å². The Labute approximate surface area is 141 Å². The molecular formula is C19H22N2O3. The van der Waals surface area contributed by atoms with Crippen LogP contribution in [0.1, 0.15) is 29.2 Å². The number of amides is 1. The first kappa shape index (κ1) is 16.3. The van der Waals surface area contributed by atoms with Gasteiger partial charge < -0.3 is 14.6 Å². The number of hydrogen-bond donors (Lipinski definition) is 1. The number of rotatable bonds is 3. The summed E-state index contributed by atoms with van der Waals surface area (Å²) in [7, 11) is 0. The maximum Gasteiger partial charge on any atom is 0.263 e. The SMILES string of the molecule is Cc1ccc(C)c(OC(C)C(=O)N2CCc3cc(=O)[nH]cc3C2)c1. The zero-order valence-corrected chi connectivity index (χ0v) is 14.3. The molecule has 2 aromatic rings. The molecule has 5 nitrogen and oxygen atoms in total. The number of carbonyl (C=O) groups excluding carboxylic acids is 1. The van der Waals surface area contributed by atoms with Crippen molar-refractivity contribution in [1.29, 1.82) is 0 Å². The number of aromatic nitrogens is 1. The standard InChI is InChI=1S/C19H22N2O3/c1-12-4-5-13(2)17(8-12)24-14(3)19(23)21-7-6-15-9-18(22)20-10-16(15)11-21/h4-5,8-10,14H,6-7,11H2,1-3H3,(H,20,22). The molecule has 126 valence electrons. The molecule has 24 heavy (non-hydrogen) atoms. The van der Waals surface area contributed by atoms with Crippen molar-refractivity contribution in [3.8, 4) is 5.75 Å². The second kappa shape index (κ2) is 6.51. The van der Waals surface area contributed by atoms with Gasteiger partial charge in [0.2, 0.25) is 5.56 Å². The van der Waals surface area contributed by atoms with Gasteiger partial charge in [-0.1, -0.05) is 12.1 Å². The van der Waals surface area contributed by atoms with Crippen LogP contribution in [0.4, 0.5) is 0 Å². The van der Waals surface area contributed by atoms with E-state index in [0.29, 0.717) is 19.5 Å². The summed E-state index contributed by atoms with van der Waals surface area (Å²) >= 11 is 0. The summed E-state index contributed by atoms with van der Waals surface area (Å²) in [5.74, 6) is 0.713. The van der Waals surface area contributed by atoms with E-state index in [0.717, 1.165) is 28.0 Å². The van der Waals surface area contributed by atoms with Crippen LogP contribution in [0, 0.1) is 13.8 Å². The van der Waals surface area contributed by atoms with Crippen LogP contribution in [0.25, 0.3) is 0 Å². The smallest absolute Gasteiger partial charge is 0.263 e. The van der Waals surface area contributed by atoms with Crippen molar-refractivity contribution in [3.05, 3.63) is 63.1 Å². The summed E-state index contributed by atoms with van der Waals surface area (Å²) in [6.07, 6.45) is 1.85. The Balaban J connectivity index is 1.71. The van der Waals surface area contributed by atoms with Gasteiger partial charge in [-0.05, 0) is 55.5 Å². The van der Waals surface area contributed by atoms with Gasteiger partial charge in [0, 0.05) is 25.4 Å². The number of nitrogens with one attached hydrogen (secondary N) is 1. The molecule has 1 N–H and O–H groups in total. The average molecular weight is 326 g/mol. The Bertz CT molecular complexity index is 826. The number of H-pyrrole nitrogens is 1. The fourth-order valence-corrected chi connectivity index (χ4v) is 2.98. The molecule has 0 aliphatic carbocycles. The molecule has 0 bridgehead atoms. The molecule has 3 rings (SSSR count). The van der Waals surface area contributed by atoms with Gasteiger partial charge >= 0.3 is 0 Å². The summed E-state index contributed by atoms with van der Waals surface area (Å²) in [5.41, 5.74) is 4.03. The predicted octanol–water partition coefficient (Wildman–Crippen LogP) is 2.34. The molecule has 0 spiro atoms. The van der Waals surface area contributed by atoms with Crippen molar-refractivity contribution < 1.29 is 9.53 Å². The van der Waals surface area contributed by atoms with E-state index in [1.54, 1.807) is 24.1 Å². The topological polar surface area (TPSA) is 62.4 Å². The molecule has 0 saturated heterocycles. The van der Waals surface area contributed by atoms with Gasteiger partial charge in [0.15, 0.2) is 6.10 Å². The number of hydrogen-bond acceptors (Lipinski definition) is 3. The van der Waals surface area contributed by atoms with Crippen LogP contribution in [-0.2, 0) is 17.8 Å². The zero-order chi connectivity index (χ0) is 17.3. The number of aromatic amines is 1. The number of benzene rings is 1. The van der Waals surface area contributed by atoms with Gasteiger partial charge in [0.25, 0.3) is 5.91 Å². The Morgan fingerprint density at radius 1 is 1.25 bits per heavy atom. The minimum atomic E-state index is -0.546. The monoisotopic (exact) mass is 326 g/mol. The van der Waals surface area contributed by atoms with Gasteiger partial charge in [0.1, 0.15) is 5.75 Å². The highest BCUT2D eigenvalue weighted by Gasteiger charge is 2.26. The largest absolute Gasteiger partial charge is 0.481 e. The molecule has 1 atom stereocenters. The van der Waals surface area contributed by atoms with E-state index in [1.807, 2.05) is 32.0 Å². The number of aryl methyl sites for hydroxylation is 2. The Morgan fingerprint density at radius 2 is 2.04 bits per heavy atom.